The molecule has 2 N–H and O–H groups in total. The molecular formula is C32H29F4N3O6S. The van der Waals surface area contributed by atoms with Gasteiger partial charge in [-0.3, -0.25) is 10.1 Å². The van der Waals surface area contributed by atoms with Crippen LogP contribution in [0.5, 0.6) is 0 Å². The highest BCUT2D eigenvalue weighted by Gasteiger charge is 2.51. The van der Waals surface area contributed by atoms with E-state index in [2.05, 4.69) is 10.3 Å². The second-order valence-corrected chi connectivity index (χ2v) is 12.3. The first kappa shape index (κ1) is 33.0. The molecule has 0 saturated carbocycles. The second-order valence-electron chi connectivity index (χ2n) is 11.3. The molecule has 1 amide bonds. The Morgan fingerprint density at radius 2 is 1.54 bits per heavy atom. The summed E-state index contributed by atoms with van der Waals surface area (Å²) in [6.07, 6.45) is -3.93. The standard InChI is InChI=1S/C30H28FN3O4S.C2HF3O2/c31-23-11-12-26-24(17-23)32-29(39-26)33-27(35)19-34-15-13-20(14-16-34)25(18-34)38-28(36)30(37,21-7-3-1-4-8-21)22-9-5-2-6-10-22;3-2(4,5)1(6)7/h1-12,17,20,25,37H,13-16,18-19H2;(H,6,7)/t20?,25-,34?;/m0./s1. The van der Waals surface area contributed by atoms with Crippen LogP contribution in [0.2, 0.25) is 0 Å². The third-order valence-electron chi connectivity index (χ3n) is 8.28. The fourth-order valence-electron chi connectivity index (χ4n) is 5.98. The van der Waals surface area contributed by atoms with Crippen LogP contribution in [-0.4, -0.2) is 70.9 Å². The van der Waals surface area contributed by atoms with Gasteiger partial charge in [0.2, 0.25) is 5.60 Å². The number of aliphatic hydroxyl groups is 1. The number of anilines is 1. The molecule has 9 nitrogen and oxygen atoms in total. The first-order chi connectivity index (χ1) is 21.8. The molecule has 2 bridgehead atoms. The van der Waals surface area contributed by atoms with Crippen molar-refractivity contribution in [1.29, 1.82) is 0 Å². The maximum atomic E-state index is 13.7. The Bertz CT molecular complexity index is 1670. The van der Waals surface area contributed by atoms with E-state index in [0.29, 0.717) is 32.8 Å². The second kappa shape index (κ2) is 13.1. The number of aliphatic carboxylic acids is 1. The molecule has 46 heavy (non-hydrogen) atoms. The predicted molar refractivity (Wildman–Crippen MR) is 157 cm³/mol. The van der Waals surface area contributed by atoms with Gasteiger partial charge in [0.1, 0.15) is 18.3 Å². The molecular weight excluding hydrogens is 630 g/mol. The van der Waals surface area contributed by atoms with Crippen molar-refractivity contribution >= 4 is 44.5 Å². The van der Waals surface area contributed by atoms with Crippen LogP contribution in [0.15, 0.2) is 78.9 Å². The highest BCUT2D eigenvalue weighted by molar-refractivity contribution is 7.22. The topological polar surface area (TPSA) is 129 Å². The van der Waals surface area contributed by atoms with E-state index < -0.39 is 29.8 Å². The summed E-state index contributed by atoms with van der Waals surface area (Å²) in [6.45, 7) is 2.37. The Balaban J connectivity index is 0.000000537. The Kier molecular flexibility index (Phi) is 9.42. The van der Waals surface area contributed by atoms with E-state index in [-0.39, 0.29) is 24.2 Å². The number of ether oxygens (including phenoxy) is 1. The number of piperidine rings is 3. The summed E-state index contributed by atoms with van der Waals surface area (Å²) < 4.78 is 52.5. The van der Waals surface area contributed by atoms with Gasteiger partial charge in [-0.1, -0.05) is 72.0 Å². The number of carboxylic acid groups (broad SMARTS) is 1. The van der Waals surface area contributed by atoms with E-state index in [0.717, 1.165) is 30.6 Å². The number of fused-ring (bicyclic) bond motifs is 4. The van der Waals surface area contributed by atoms with Crippen molar-refractivity contribution < 1.29 is 51.4 Å². The molecule has 0 radical (unpaired) electrons. The molecule has 1 aromatic heterocycles. The third kappa shape index (κ3) is 7.19. The normalized spacial score (nSPS) is 20.8. The smallest absolute Gasteiger partial charge is 0.430 e. The highest BCUT2D eigenvalue weighted by atomic mass is 32.1. The predicted octanol–water partition coefficient (Wildman–Crippen LogP) is 3.76. The number of halogens is 4. The lowest BCUT2D eigenvalue weighted by molar-refractivity contribution is -0.939. The molecule has 3 saturated heterocycles. The minimum Gasteiger partial charge on any atom is -0.542 e. The van der Waals surface area contributed by atoms with Crippen LogP contribution in [0.3, 0.4) is 0 Å². The van der Waals surface area contributed by atoms with Gasteiger partial charge in [-0.2, -0.15) is 13.2 Å². The molecule has 0 unspecified atom stereocenters. The number of nitrogens with zero attached hydrogens (tertiary/aromatic N) is 2. The van der Waals surface area contributed by atoms with Gasteiger partial charge in [0, 0.05) is 24.8 Å². The van der Waals surface area contributed by atoms with Crippen LogP contribution < -0.4 is 10.4 Å². The zero-order valence-electron chi connectivity index (χ0n) is 24.2. The number of esters is 1. The van der Waals surface area contributed by atoms with Crippen LogP contribution in [0.25, 0.3) is 10.2 Å². The molecule has 7 rings (SSSR count). The van der Waals surface area contributed by atoms with E-state index in [1.54, 1.807) is 54.6 Å². The highest BCUT2D eigenvalue weighted by Crippen LogP contribution is 2.38. The van der Waals surface area contributed by atoms with Crippen LogP contribution in [0.1, 0.15) is 24.0 Å². The van der Waals surface area contributed by atoms with Crippen molar-refractivity contribution in [3.05, 3.63) is 95.8 Å². The minimum absolute atomic E-state index is 0.176. The molecule has 4 aromatic rings. The molecule has 3 aromatic carbocycles. The molecule has 0 aliphatic carbocycles. The summed E-state index contributed by atoms with van der Waals surface area (Å²) in [4.78, 5) is 39.9. The van der Waals surface area contributed by atoms with Crippen molar-refractivity contribution in [2.75, 3.05) is 31.5 Å². The number of benzene rings is 3. The first-order valence-electron chi connectivity index (χ1n) is 14.3. The number of carbonyl (C=O) groups is 3. The average Bonchev–Trinajstić information content (AvgIpc) is 3.42. The summed E-state index contributed by atoms with van der Waals surface area (Å²) in [5.74, 6) is -4.07. The quantitative estimate of drug-likeness (QED) is 0.176. The fraction of sp³-hybridized carbons (Fsp3) is 0.312. The number of aromatic nitrogens is 1. The molecule has 3 aliphatic heterocycles. The van der Waals surface area contributed by atoms with Gasteiger partial charge in [0.25, 0.3) is 5.91 Å². The van der Waals surface area contributed by atoms with Crippen molar-refractivity contribution in [3.63, 3.8) is 0 Å². The van der Waals surface area contributed by atoms with Crippen molar-refractivity contribution in [1.82, 2.24) is 4.98 Å². The largest absolute Gasteiger partial charge is 0.542 e. The average molecular weight is 660 g/mol. The first-order valence-corrected chi connectivity index (χ1v) is 15.1. The lowest BCUT2D eigenvalue weighted by Crippen LogP contribution is -2.66. The molecule has 0 spiro atoms. The Labute approximate surface area is 264 Å². The molecule has 242 valence electrons. The van der Waals surface area contributed by atoms with Gasteiger partial charge in [-0.15, -0.1) is 0 Å². The van der Waals surface area contributed by atoms with Crippen molar-refractivity contribution in [2.24, 2.45) is 5.92 Å². The molecule has 4 heterocycles. The van der Waals surface area contributed by atoms with E-state index in [4.69, 9.17) is 14.6 Å². The number of amides is 1. The number of alkyl halides is 3. The van der Waals surface area contributed by atoms with E-state index in [9.17, 15) is 32.3 Å². The van der Waals surface area contributed by atoms with Crippen molar-refractivity contribution in [3.8, 4) is 0 Å². The van der Waals surface area contributed by atoms with E-state index >= 15 is 0 Å². The molecule has 3 fully saturated rings. The number of quaternary nitrogens is 1. The summed E-state index contributed by atoms with van der Waals surface area (Å²) in [5, 5.41) is 23.9. The Morgan fingerprint density at radius 1 is 0.978 bits per heavy atom. The zero-order chi connectivity index (χ0) is 33.1. The van der Waals surface area contributed by atoms with Crippen molar-refractivity contribution in [2.45, 2.75) is 30.7 Å². The van der Waals surface area contributed by atoms with Gasteiger partial charge in [-0.05, 0) is 23.3 Å². The summed E-state index contributed by atoms with van der Waals surface area (Å²) in [5.41, 5.74) is -0.538. The van der Waals surface area contributed by atoms with Gasteiger partial charge in [-0.25, -0.2) is 14.2 Å². The Morgan fingerprint density at radius 3 is 2.09 bits per heavy atom. The Hall–Kier alpha value is -4.40. The summed E-state index contributed by atoms with van der Waals surface area (Å²) in [6, 6.07) is 22.1. The number of hydrogen-bond donors (Lipinski definition) is 2. The number of carbonyl (C=O) groups excluding carboxylic acids is 3. The summed E-state index contributed by atoms with van der Waals surface area (Å²) >= 11 is 1.31. The number of carboxylic acids is 1. The number of hydrogen-bond acceptors (Lipinski definition) is 8. The van der Waals surface area contributed by atoms with Gasteiger partial charge >= 0.3 is 12.1 Å². The lowest BCUT2D eigenvalue weighted by Gasteiger charge is -2.51. The maximum absolute atomic E-state index is 13.7. The summed E-state index contributed by atoms with van der Waals surface area (Å²) in [7, 11) is 0. The van der Waals surface area contributed by atoms with Gasteiger partial charge in [0.15, 0.2) is 17.8 Å². The van der Waals surface area contributed by atoms with Gasteiger partial charge < -0.3 is 24.2 Å². The zero-order valence-corrected chi connectivity index (χ0v) is 25.0. The molecule has 14 heteroatoms. The van der Waals surface area contributed by atoms with Crippen LogP contribution in [0, 0.1) is 11.7 Å². The van der Waals surface area contributed by atoms with Crippen LogP contribution in [0.4, 0.5) is 22.7 Å². The number of thiazole rings is 1. The lowest BCUT2D eigenvalue weighted by atomic mass is 9.82. The SMILES string of the molecule is O=C(C[N+]12CCC(CC1)[C@@H](OC(=O)C(O)(c1ccccc1)c1ccccc1)C2)Nc1nc2cc(F)ccc2s1.O=C([O-])C(F)(F)F. The van der Waals surface area contributed by atoms with Crippen LogP contribution in [-0.2, 0) is 24.7 Å². The monoisotopic (exact) mass is 659 g/mol. The molecule has 1 atom stereocenters. The molecule has 3 aliphatic rings. The third-order valence-corrected chi connectivity index (χ3v) is 9.24. The minimum atomic E-state index is -5.19. The van der Waals surface area contributed by atoms with Crippen LogP contribution >= 0.6 is 11.3 Å². The van der Waals surface area contributed by atoms with Gasteiger partial charge in [0.05, 0.1) is 23.3 Å². The van der Waals surface area contributed by atoms with E-state index in [1.807, 2.05) is 12.1 Å². The van der Waals surface area contributed by atoms with E-state index in [1.165, 1.54) is 23.5 Å². The number of nitrogens with one attached hydrogen (secondary N) is 1. The fourth-order valence-corrected chi connectivity index (χ4v) is 6.84. The number of rotatable bonds is 7. The maximum Gasteiger partial charge on any atom is 0.430 e.